The van der Waals surface area contributed by atoms with Gasteiger partial charge in [-0.25, -0.2) is 0 Å². The number of thioether (sulfide) groups is 1. The van der Waals surface area contributed by atoms with E-state index >= 15 is 0 Å². The van der Waals surface area contributed by atoms with E-state index in [0.717, 1.165) is 17.7 Å². The highest BCUT2D eigenvalue weighted by atomic mass is 35.5. The van der Waals surface area contributed by atoms with Gasteiger partial charge in [0.05, 0.1) is 5.25 Å². The summed E-state index contributed by atoms with van der Waals surface area (Å²) in [7, 11) is 0. The van der Waals surface area contributed by atoms with Gasteiger partial charge in [-0.1, -0.05) is 30.9 Å². The van der Waals surface area contributed by atoms with Crippen LogP contribution in [0.25, 0.3) is 0 Å². The maximum atomic E-state index is 12.7. The Hall–Kier alpha value is -1.20. The average Bonchev–Trinajstić information content (AvgIpc) is 2.69. The van der Waals surface area contributed by atoms with Crippen LogP contribution in [0, 0.1) is 5.92 Å². The second-order valence-electron chi connectivity index (χ2n) is 7.20. The lowest BCUT2D eigenvalue weighted by Crippen LogP contribution is -2.53. The molecular weight excluding hydrogens is 368 g/mol. The van der Waals surface area contributed by atoms with Crippen LogP contribution in [0.4, 0.5) is 0 Å². The van der Waals surface area contributed by atoms with Gasteiger partial charge in [0.1, 0.15) is 0 Å². The number of piperazine rings is 1. The molecule has 0 bridgehead atoms. The zero-order valence-electron chi connectivity index (χ0n) is 15.3. The summed E-state index contributed by atoms with van der Waals surface area (Å²) >= 11 is 7.46. The van der Waals surface area contributed by atoms with Crippen molar-refractivity contribution in [2.75, 3.05) is 26.2 Å². The molecule has 0 spiro atoms. The predicted octanol–water partition coefficient (Wildman–Crippen LogP) is 4.07. The number of halogens is 1. The highest BCUT2D eigenvalue weighted by Crippen LogP contribution is 2.27. The average molecular weight is 395 g/mol. The van der Waals surface area contributed by atoms with Crippen molar-refractivity contribution in [2.24, 2.45) is 5.92 Å². The molecule has 6 heteroatoms. The number of nitrogens with zero attached hydrogens (tertiary/aromatic N) is 2. The van der Waals surface area contributed by atoms with Gasteiger partial charge in [-0.2, -0.15) is 0 Å². The minimum Gasteiger partial charge on any atom is -0.339 e. The molecule has 1 heterocycles. The van der Waals surface area contributed by atoms with E-state index in [0.29, 0.717) is 37.1 Å². The summed E-state index contributed by atoms with van der Waals surface area (Å²) in [6.07, 6.45) is 5.68. The van der Waals surface area contributed by atoms with Crippen LogP contribution in [-0.4, -0.2) is 53.0 Å². The summed E-state index contributed by atoms with van der Waals surface area (Å²) in [5.74, 6) is 0.667. The van der Waals surface area contributed by atoms with Crippen LogP contribution in [0.2, 0.25) is 5.02 Å². The van der Waals surface area contributed by atoms with Gasteiger partial charge in [0, 0.05) is 42.0 Å². The van der Waals surface area contributed by atoms with Gasteiger partial charge < -0.3 is 9.80 Å². The van der Waals surface area contributed by atoms with Crippen molar-refractivity contribution in [1.29, 1.82) is 0 Å². The zero-order valence-corrected chi connectivity index (χ0v) is 16.9. The smallest absolute Gasteiger partial charge is 0.235 e. The van der Waals surface area contributed by atoms with E-state index in [2.05, 4.69) is 0 Å². The Morgan fingerprint density at radius 3 is 2.19 bits per heavy atom. The van der Waals surface area contributed by atoms with Crippen LogP contribution in [0.15, 0.2) is 29.2 Å². The van der Waals surface area contributed by atoms with Crippen LogP contribution >= 0.6 is 23.4 Å². The van der Waals surface area contributed by atoms with Gasteiger partial charge in [-0.15, -0.1) is 11.8 Å². The van der Waals surface area contributed by atoms with E-state index in [4.69, 9.17) is 11.6 Å². The van der Waals surface area contributed by atoms with Gasteiger partial charge in [0.25, 0.3) is 0 Å². The summed E-state index contributed by atoms with van der Waals surface area (Å²) in [4.78, 5) is 30.3. The number of hydrogen-bond acceptors (Lipinski definition) is 3. The molecule has 2 aliphatic rings. The quantitative estimate of drug-likeness (QED) is 0.722. The molecule has 1 aliphatic heterocycles. The maximum absolute atomic E-state index is 12.7. The normalized spacial score (nSPS) is 20.1. The Kier molecular flexibility index (Phi) is 6.87. The second kappa shape index (κ2) is 9.14. The first kappa shape index (κ1) is 19.6. The van der Waals surface area contributed by atoms with Gasteiger partial charge in [0.2, 0.25) is 11.8 Å². The number of hydrogen-bond donors (Lipinski definition) is 0. The molecule has 1 aliphatic carbocycles. The third kappa shape index (κ3) is 4.95. The van der Waals surface area contributed by atoms with Crippen molar-refractivity contribution in [3.63, 3.8) is 0 Å². The molecule has 1 aromatic carbocycles. The molecule has 3 rings (SSSR count). The van der Waals surface area contributed by atoms with Crippen LogP contribution in [0.3, 0.4) is 0 Å². The molecule has 142 valence electrons. The van der Waals surface area contributed by atoms with E-state index in [-0.39, 0.29) is 17.1 Å². The molecule has 26 heavy (non-hydrogen) atoms. The fourth-order valence-electron chi connectivity index (χ4n) is 3.78. The molecule has 1 unspecified atom stereocenters. The third-order valence-corrected chi connectivity index (χ3v) is 6.68. The minimum absolute atomic E-state index is 0.142. The SMILES string of the molecule is CC(Sc1ccc(Cl)cc1)C(=O)N1CCN(C(=O)C2CCCCC2)CC1. The summed E-state index contributed by atoms with van der Waals surface area (Å²) < 4.78 is 0. The molecule has 1 saturated heterocycles. The van der Waals surface area contributed by atoms with Crippen molar-refractivity contribution in [2.45, 2.75) is 49.2 Å². The Bertz CT molecular complexity index is 623. The molecule has 1 atom stereocenters. The van der Waals surface area contributed by atoms with Crippen LogP contribution in [0.5, 0.6) is 0 Å². The molecule has 2 amide bonds. The standard InChI is InChI=1S/C20H27ClN2O2S/c1-15(26-18-9-7-17(21)8-10-18)19(24)22-11-13-23(14-12-22)20(25)16-5-3-2-4-6-16/h7-10,15-16H,2-6,11-14H2,1H3. The molecular formula is C20H27ClN2O2S. The topological polar surface area (TPSA) is 40.6 Å². The van der Waals surface area contributed by atoms with Crippen molar-refractivity contribution in [3.8, 4) is 0 Å². The van der Waals surface area contributed by atoms with Crippen molar-refractivity contribution in [1.82, 2.24) is 9.80 Å². The minimum atomic E-state index is -0.142. The number of carbonyl (C=O) groups is 2. The first-order valence-corrected chi connectivity index (χ1v) is 10.8. The molecule has 4 nitrogen and oxygen atoms in total. The molecule has 1 saturated carbocycles. The number of carbonyl (C=O) groups excluding carboxylic acids is 2. The van der Waals surface area contributed by atoms with Crippen molar-refractivity contribution < 1.29 is 9.59 Å². The van der Waals surface area contributed by atoms with Crippen molar-refractivity contribution >= 4 is 35.2 Å². The molecule has 1 aromatic rings. The maximum Gasteiger partial charge on any atom is 0.235 e. The van der Waals surface area contributed by atoms with Crippen molar-refractivity contribution in [3.05, 3.63) is 29.3 Å². The van der Waals surface area contributed by atoms with Gasteiger partial charge >= 0.3 is 0 Å². The monoisotopic (exact) mass is 394 g/mol. The Labute approximate surface area is 165 Å². The summed E-state index contributed by atoms with van der Waals surface area (Å²) in [6, 6.07) is 7.57. The molecule has 0 radical (unpaired) electrons. The largest absolute Gasteiger partial charge is 0.339 e. The van der Waals surface area contributed by atoms with Crippen LogP contribution < -0.4 is 0 Å². The number of rotatable bonds is 4. The van der Waals surface area contributed by atoms with E-state index in [1.807, 2.05) is 41.0 Å². The highest BCUT2D eigenvalue weighted by molar-refractivity contribution is 8.00. The Morgan fingerprint density at radius 2 is 1.58 bits per heavy atom. The van der Waals surface area contributed by atoms with E-state index in [9.17, 15) is 9.59 Å². The summed E-state index contributed by atoms with van der Waals surface area (Å²) in [5, 5.41) is 0.559. The number of amides is 2. The fraction of sp³-hybridized carbons (Fsp3) is 0.600. The van der Waals surface area contributed by atoms with Gasteiger partial charge in [-0.3, -0.25) is 9.59 Å². The van der Waals surface area contributed by atoms with E-state index < -0.39 is 0 Å². The van der Waals surface area contributed by atoms with Gasteiger partial charge in [0.15, 0.2) is 0 Å². The summed E-state index contributed by atoms with van der Waals surface area (Å²) in [6.45, 7) is 4.56. The highest BCUT2D eigenvalue weighted by Gasteiger charge is 2.31. The second-order valence-corrected chi connectivity index (χ2v) is 9.05. The summed E-state index contributed by atoms with van der Waals surface area (Å²) in [5.41, 5.74) is 0. The first-order valence-electron chi connectivity index (χ1n) is 9.54. The Balaban J connectivity index is 1.48. The molecule has 2 fully saturated rings. The Morgan fingerprint density at radius 1 is 1.00 bits per heavy atom. The first-order chi connectivity index (χ1) is 12.5. The third-order valence-electron chi connectivity index (χ3n) is 5.33. The van der Waals surface area contributed by atoms with Crippen LogP contribution in [-0.2, 0) is 9.59 Å². The molecule has 0 N–H and O–H groups in total. The van der Waals surface area contributed by atoms with Crippen LogP contribution in [0.1, 0.15) is 39.0 Å². The lowest BCUT2D eigenvalue weighted by molar-refractivity contribution is -0.142. The zero-order chi connectivity index (χ0) is 18.5. The molecule has 0 aromatic heterocycles. The van der Waals surface area contributed by atoms with E-state index in [1.54, 1.807) is 11.8 Å². The number of benzene rings is 1. The predicted molar refractivity (Wildman–Crippen MR) is 107 cm³/mol. The lowest BCUT2D eigenvalue weighted by atomic mass is 9.88. The van der Waals surface area contributed by atoms with E-state index in [1.165, 1.54) is 19.3 Å². The fourth-order valence-corrected chi connectivity index (χ4v) is 4.86. The van der Waals surface area contributed by atoms with Gasteiger partial charge in [-0.05, 0) is 44.0 Å². The lowest BCUT2D eigenvalue weighted by Gasteiger charge is -2.38.